The van der Waals surface area contributed by atoms with E-state index in [2.05, 4.69) is 93.6 Å². The summed E-state index contributed by atoms with van der Waals surface area (Å²) in [6.07, 6.45) is 10.7. The van der Waals surface area contributed by atoms with E-state index in [0.29, 0.717) is 17.8 Å². The number of hydrogen-bond acceptors (Lipinski definition) is 2. The van der Waals surface area contributed by atoms with Crippen molar-refractivity contribution in [2.24, 2.45) is 5.92 Å². The van der Waals surface area contributed by atoms with Gasteiger partial charge in [-0.05, 0) is 95.7 Å². The fraction of sp³-hybridized carbons (Fsp3) is 0.385. The molecule has 2 nitrogen and oxygen atoms in total. The van der Waals surface area contributed by atoms with E-state index in [1.807, 2.05) is 24.3 Å². The zero-order valence-corrected chi connectivity index (χ0v) is 25.5. The Hall–Kier alpha value is -3.52. The van der Waals surface area contributed by atoms with Crippen LogP contribution in [0.4, 0.5) is 11.4 Å². The van der Waals surface area contributed by atoms with E-state index in [1.54, 1.807) is 0 Å². The van der Waals surface area contributed by atoms with Gasteiger partial charge in [-0.3, -0.25) is 0 Å². The molecule has 2 unspecified atom stereocenters. The Bertz CT molecular complexity index is 1190. The highest BCUT2D eigenvalue weighted by Gasteiger charge is 2.17. The number of hydrogen-bond donors (Lipinski definition) is 2. The molecule has 0 radical (unpaired) electrons. The molecule has 0 aliphatic heterocycles. The summed E-state index contributed by atoms with van der Waals surface area (Å²) in [5.41, 5.74) is 22.0. The number of unbranched alkanes of at least 4 members (excludes halogenated alkanes) is 1. The van der Waals surface area contributed by atoms with Crippen LogP contribution in [0.5, 0.6) is 0 Å². The fourth-order valence-electron chi connectivity index (χ4n) is 6.29. The van der Waals surface area contributed by atoms with Crippen LogP contribution in [0.1, 0.15) is 111 Å². The lowest BCUT2D eigenvalue weighted by Gasteiger charge is -2.21. The van der Waals surface area contributed by atoms with Crippen molar-refractivity contribution in [2.45, 2.75) is 90.4 Å². The highest BCUT2D eigenvalue weighted by Crippen LogP contribution is 2.32. The molecular weight excluding hydrogens is 496 g/mol. The van der Waals surface area contributed by atoms with Crippen molar-refractivity contribution in [1.82, 2.24) is 0 Å². The molecule has 4 aromatic carbocycles. The normalized spacial score (nSPS) is 13.5. The van der Waals surface area contributed by atoms with Crippen LogP contribution < -0.4 is 11.5 Å². The second-order valence-electron chi connectivity index (χ2n) is 11.9. The summed E-state index contributed by atoms with van der Waals surface area (Å²) in [4.78, 5) is 0. The van der Waals surface area contributed by atoms with Crippen molar-refractivity contribution < 1.29 is 0 Å². The van der Waals surface area contributed by atoms with E-state index in [4.69, 9.17) is 11.5 Å². The Labute approximate surface area is 249 Å². The first-order valence-electron chi connectivity index (χ1n) is 15.9. The highest BCUT2D eigenvalue weighted by atomic mass is 14.5. The summed E-state index contributed by atoms with van der Waals surface area (Å²) in [6.45, 7) is 6.84. The minimum absolute atomic E-state index is 0.425. The molecule has 216 valence electrons. The van der Waals surface area contributed by atoms with Gasteiger partial charge in [-0.15, -0.1) is 0 Å². The molecule has 0 saturated carbocycles. The standard InChI is InChI=1S/C39H50N2/c1-4-7-10-31(27-29-11-15-32(16-12-29)38(8-5-2)34-19-23-36(40)24-20-34)28-30-13-17-33(18-14-30)39(9-6-3)35-21-25-37(41)26-22-35/h11-26,31,38-39H,4-10,27-28,40-41H2,1-3H3. The van der Waals surface area contributed by atoms with Gasteiger partial charge in [0.1, 0.15) is 0 Å². The van der Waals surface area contributed by atoms with Gasteiger partial charge in [0, 0.05) is 23.2 Å². The van der Waals surface area contributed by atoms with Gasteiger partial charge in [-0.1, -0.05) is 119 Å². The van der Waals surface area contributed by atoms with Crippen molar-refractivity contribution in [1.29, 1.82) is 0 Å². The molecule has 0 fully saturated rings. The molecular formula is C39H50N2. The average molecular weight is 547 g/mol. The molecule has 0 aliphatic rings. The predicted molar refractivity (Wildman–Crippen MR) is 179 cm³/mol. The van der Waals surface area contributed by atoms with Crippen molar-refractivity contribution in [3.8, 4) is 0 Å². The topological polar surface area (TPSA) is 52.0 Å². The second-order valence-corrected chi connectivity index (χ2v) is 11.9. The van der Waals surface area contributed by atoms with Gasteiger partial charge in [0.15, 0.2) is 0 Å². The average Bonchev–Trinajstić information content (AvgIpc) is 2.99. The quantitative estimate of drug-likeness (QED) is 0.146. The molecule has 2 atom stereocenters. The van der Waals surface area contributed by atoms with Gasteiger partial charge in [0.2, 0.25) is 0 Å². The van der Waals surface area contributed by atoms with Gasteiger partial charge in [-0.2, -0.15) is 0 Å². The van der Waals surface area contributed by atoms with E-state index in [0.717, 1.165) is 49.9 Å². The van der Waals surface area contributed by atoms with Gasteiger partial charge in [0.05, 0.1) is 0 Å². The maximum Gasteiger partial charge on any atom is 0.0314 e. The van der Waals surface area contributed by atoms with Crippen LogP contribution in [0.25, 0.3) is 0 Å². The number of nitrogens with two attached hydrogens (primary N) is 2. The van der Waals surface area contributed by atoms with Crippen molar-refractivity contribution in [3.63, 3.8) is 0 Å². The number of benzene rings is 4. The third kappa shape index (κ3) is 8.73. The first-order chi connectivity index (χ1) is 20.0. The van der Waals surface area contributed by atoms with E-state index in [-0.39, 0.29) is 0 Å². The molecule has 0 amide bonds. The second kappa shape index (κ2) is 15.5. The number of anilines is 2. The first-order valence-corrected chi connectivity index (χ1v) is 15.9. The lowest BCUT2D eigenvalue weighted by atomic mass is 9.84. The first kappa shape index (κ1) is 30.4. The molecule has 41 heavy (non-hydrogen) atoms. The molecule has 0 heterocycles. The molecule has 4 aromatic rings. The minimum atomic E-state index is 0.425. The Morgan fingerprint density at radius 3 is 1.10 bits per heavy atom. The summed E-state index contributed by atoms with van der Waals surface area (Å²) in [5, 5.41) is 0. The molecule has 0 aliphatic carbocycles. The Morgan fingerprint density at radius 1 is 0.439 bits per heavy atom. The van der Waals surface area contributed by atoms with E-state index >= 15 is 0 Å². The summed E-state index contributed by atoms with van der Waals surface area (Å²) in [6, 6.07) is 35.8. The fourth-order valence-corrected chi connectivity index (χ4v) is 6.29. The van der Waals surface area contributed by atoms with Crippen molar-refractivity contribution >= 4 is 11.4 Å². The molecule has 0 aromatic heterocycles. The lowest BCUT2D eigenvalue weighted by Crippen LogP contribution is -2.09. The summed E-state index contributed by atoms with van der Waals surface area (Å²) in [7, 11) is 0. The van der Waals surface area contributed by atoms with E-state index < -0.39 is 0 Å². The molecule has 0 bridgehead atoms. The zero-order valence-electron chi connectivity index (χ0n) is 25.5. The molecule has 0 saturated heterocycles. The molecule has 0 spiro atoms. The third-order valence-electron chi connectivity index (χ3n) is 8.61. The molecule has 2 heteroatoms. The van der Waals surface area contributed by atoms with E-state index in [9.17, 15) is 0 Å². The lowest BCUT2D eigenvalue weighted by molar-refractivity contribution is 0.460. The predicted octanol–water partition coefficient (Wildman–Crippen LogP) is 10.3. The van der Waals surface area contributed by atoms with E-state index in [1.165, 1.54) is 52.6 Å². The van der Waals surface area contributed by atoms with Crippen molar-refractivity contribution in [3.05, 3.63) is 130 Å². The molecule has 4 N–H and O–H groups in total. The maximum absolute atomic E-state index is 5.95. The number of nitrogen functional groups attached to an aromatic ring is 2. The van der Waals surface area contributed by atoms with Crippen LogP contribution in [0, 0.1) is 5.92 Å². The Kier molecular flexibility index (Phi) is 11.5. The maximum atomic E-state index is 5.95. The summed E-state index contributed by atoms with van der Waals surface area (Å²) in [5.74, 6) is 1.50. The number of rotatable bonds is 15. The largest absolute Gasteiger partial charge is 0.399 e. The monoisotopic (exact) mass is 546 g/mol. The van der Waals surface area contributed by atoms with Crippen molar-refractivity contribution in [2.75, 3.05) is 11.5 Å². The van der Waals surface area contributed by atoms with Crippen LogP contribution in [-0.4, -0.2) is 0 Å². The Morgan fingerprint density at radius 2 is 0.780 bits per heavy atom. The zero-order chi connectivity index (χ0) is 29.0. The smallest absolute Gasteiger partial charge is 0.0314 e. The highest BCUT2D eigenvalue weighted by molar-refractivity contribution is 5.44. The Balaban J connectivity index is 1.45. The van der Waals surface area contributed by atoms with Crippen LogP contribution in [0.3, 0.4) is 0 Å². The van der Waals surface area contributed by atoms with Gasteiger partial charge >= 0.3 is 0 Å². The van der Waals surface area contributed by atoms with Gasteiger partial charge in [0.25, 0.3) is 0 Å². The van der Waals surface area contributed by atoms with Crippen LogP contribution in [0.2, 0.25) is 0 Å². The molecule has 4 rings (SSSR count). The summed E-state index contributed by atoms with van der Waals surface area (Å²) < 4.78 is 0. The van der Waals surface area contributed by atoms with Gasteiger partial charge in [-0.25, -0.2) is 0 Å². The third-order valence-corrected chi connectivity index (χ3v) is 8.61. The SMILES string of the molecule is CCCCC(Cc1ccc(C(CCC)c2ccc(N)cc2)cc1)Cc1ccc(C(CCC)c2ccc(N)cc2)cc1. The van der Waals surface area contributed by atoms with Crippen LogP contribution in [0.15, 0.2) is 97.1 Å². The van der Waals surface area contributed by atoms with Gasteiger partial charge < -0.3 is 11.5 Å². The minimum Gasteiger partial charge on any atom is -0.399 e. The van der Waals surface area contributed by atoms with Crippen LogP contribution >= 0.6 is 0 Å². The summed E-state index contributed by atoms with van der Waals surface area (Å²) >= 11 is 0. The van der Waals surface area contributed by atoms with Crippen LogP contribution in [-0.2, 0) is 12.8 Å².